The molecule has 28 heavy (non-hydrogen) atoms. The van der Waals surface area contributed by atoms with Crippen LogP contribution in [0.5, 0.6) is 0 Å². The summed E-state index contributed by atoms with van der Waals surface area (Å²) < 4.78 is 49.0. The van der Waals surface area contributed by atoms with Gasteiger partial charge in [-0.3, -0.25) is 0 Å². The number of nitrogens with zero attached hydrogens (tertiary/aromatic N) is 1. The number of benzene rings is 1. The number of hydrogen-bond acceptors (Lipinski definition) is 5. The Labute approximate surface area is 159 Å². The van der Waals surface area contributed by atoms with Crippen molar-refractivity contribution in [3.05, 3.63) is 59.4 Å². The third-order valence-corrected chi connectivity index (χ3v) is 3.63. The number of esters is 2. The molecule has 0 unspecified atom stereocenters. The number of halogens is 3. The van der Waals surface area contributed by atoms with E-state index in [1.54, 1.807) is 13.8 Å². The van der Waals surface area contributed by atoms with E-state index in [1.807, 2.05) is 0 Å². The summed E-state index contributed by atoms with van der Waals surface area (Å²) in [4.78, 5) is 27.9. The Morgan fingerprint density at radius 3 is 2.46 bits per heavy atom. The molecule has 2 rings (SSSR count). The van der Waals surface area contributed by atoms with Crippen LogP contribution in [0.3, 0.4) is 0 Å². The predicted octanol–water partition coefficient (Wildman–Crippen LogP) is 4.52. The van der Waals surface area contributed by atoms with Crippen LogP contribution in [0, 0.1) is 0 Å². The first kappa shape index (κ1) is 21.1. The third kappa shape index (κ3) is 5.18. The molecule has 0 radical (unpaired) electrons. The average molecular weight is 393 g/mol. The molecule has 148 valence electrons. The molecule has 0 aliphatic carbocycles. The topological polar surface area (TPSA) is 65.5 Å². The van der Waals surface area contributed by atoms with Gasteiger partial charge in [-0.1, -0.05) is 12.1 Å². The van der Waals surface area contributed by atoms with Gasteiger partial charge in [0.05, 0.1) is 18.8 Å². The second kappa shape index (κ2) is 9.16. The van der Waals surface area contributed by atoms with Crippen LogP contribution in [-0.4, -0.2) is 30.1 Å². The molecule has 0 saturated carbocycles. The van der Waals surface area contributed by atoms with Crippen LogP contribution < -0.4 is 0 Å². The summed E-state index contributed by atoms with van der Waals surface area (Å²) in [6, 6.07) is 6.11. The highest BCUT2D eigenvalue weighted by molar-refractivity contribution is 5.97. The van der Waals surface area contributed by atoms with Crippen molar-refractivity contribution < 1.29 is 32.2 Å². The number of hydrogen-bond donors (Lipinski definition) is 0. The van der Waals surface area contributed by atoms with Crippen LogP contribution in [0.25, 0.3) is 17.2 Å². The van der Waals surface area contributed by atoms with E-state index in [9.17, 15) is 22.8 Å². The van der Waals surface area contributed by atoms with E-state index < -0.39 is 23.7 Å². The largest absolute Gasteiger partial charge is 0.463 e. The van der Waals surface area contributed by atoms with Crippen LogP contribution in [0.1, 0.15) is 35.5 Å². The minimum Gasteiger partial charge on any atom is -0.463 e. The van der Waals surface area contributed by atoms with Crippen LogP contribution in [0.2, 0.25) is 0 Å². The zero-order valence-corrected chi connectivity index (χ0v) is 15.2. The van der Waals surface area contributed by atoms with Crippen molar-refractivity contribution in [2.24, 2.45) is 0 Å². The van der Waals surface area contributed by atoms with Gasteiger partial charge in [-0.25, -0.2) is 14.6 Å². The second-order valence-corrected chi connectivity index (χ2v) is 5.51. The van der Waals surface area contributed by atoms with Gasteiger partial charge in [0, 0.05) is 17.8 Å². The lowest BCUT2D eigenvalue weighted by atomic mass is 9.97. The van der Waals surface area contributed by atoms with E-state index >= 15 is 0 Å². The standard InChI is InChI=1S/C20H18F3NO4/c1-3-27-17(25)9-8-16-15(10-11-24-18(16)19(26)28-4-2)13-6-5-7-14(12-13)20(21,22)23/h5-12H,3-4H2,1-2H3/b9-8+. The number of pyridine rings is 1. The number of aromatic nitrogens is 1. The van der Waals surface area contributed by atoms with Crippen molar-refractivity contribution in [3.63, 3.8) is 0 Å². The summed E-state index contributed by atoms with van der Waals surface area (Å²) in [7, 11) is 0. The molecule has 5 nitrogen and oxygen atoms in total. The van der Waals surface area contributed by atoms with Crippen LogP contribution in [-0.2, 0) is 20.4 Å². The van der Waals surface area contributed by atoms with Gasteiger partial charge in [-0.2, -0.15) is 13.2 Å². The molecule has 1 aromatic carbocycles. The third-order valence-electron chi connectivity index (χ3n) is 3.63. The van der Waals surface area contributed by atoms with Crippen molar-refractivity contribution in [1.82, 2.24) is 4.98 Å². The Balaban J connectivity index is 2.62. The average Bonchev–Trinajstić information content (AvgIpc) is 2.66. The first-order chi connectivity index (χ1) is 13.3. The molecule has 0 saturated heterocycles. The maximum atomic E-state index is 13.1. The van der Waals surface area contributed by atoms with Gasteiger partial charge in [-0.05, 0) is 49.2 Å². The summed E-state index contributed by atoms with van der Waals surface area (Å²) in [5, 5.41) is 0. The van der Waals surface area contributed by atoms with Crippen molar-refractivity contribution in [3.8, 4) is 11.1 Å². The van der Waals surface area contributed by atoms with Gasteiger partial charge in [0.2, 0.25) is 0 Å². The summed E-state index contributed by atoms with van der Waals surface area (Å²) in [5.41, 5.74) is -0.276. The quantitative estimate of drug-likeness (QED) is 0.533. The highest BCUT2D eigenvalue weighted by Gasteiger charge is 2.30. The highest BCUT2D eigenvalue weighted by Crippen LogP contribution is 2.34. The predicted molar refractivity (Wildman–Crippen MR) is 96.3 cm³/mol. The molecule has 0 atom stereocenters. The van der Waals surface area contributed by atoms with Gasteiger partial charge in [0.1, 0.15) is 0 Å². The Kier molecular flexibility index (Phi) is 6.92. The Bertz CT molecular complexity index is 891. The molecule has 0 spiro atoms. The number of rotatable bonds is 6. The Morgan fingerprint density at radius 1 is 1.11 bits per heavy atom. The minimum atomic E-state index is -4.52. The Morgan fingerprint density at radius 2 is 1.82 bits per heavy atom. The van der Waals surface area contributed by atoms with E-state index in [2.05, 4.69) is 4.98 Å². The molecule has 2 aromatic rings. The number of carbonyl (C=O) groups excluding carboxylic acids is 2. The first-order valence-corrected chi connectivity index (χ1v) is 8.46. The normalized spacial score (nSPS) is 11.5. The van der Waals surface area contributed by atoms with Gasteiger partial charge >= 0.3 is 18.1 Å². The fraction of sp³-hybridized carbons (Fsp3) is 0.250. The van der Waals surface area contributed by atoms with Gasteiger partial charge in [0.15, 0.2) is 5.69 Å². The molecule has 0 aliphatic rings. The first-order valence-electron chi connectivity index (χ1n) is 8.46. The molecule has 0 N–H and O–H groups in total. The zero-order valence-electron chi connectivity index (χ0n) is 15.2. The summed E-state index contributed by atoms with van der Waals surface area (Å²) in [6.45, 7) is 3.49. The second-order valence-electron chi connectivity index (χ2n) is 5.51. The SMILES string of the molecule is CCOC(=O)/C=C/c1c(-c2cccc(C(F)(F)F)c2)ccnc1C(=O)OCC. The smallest absolute Gasteiger partial charge is 0.416 e. The lowest BCUT2D eigenvalue weighted by Gasteiger charge is -2.13. The number of carbonyl (C=O) groups is 2. The van der Waals surface area contributed by atoms with Crippen molar-refractivity contribution >= 4 is 18.0 Å². The maximum Gasteiger partial charge on any atom is 0.416 e. The summed E-state index contributed by atoms with van der Waals surface area (Å²) in [6.07, 6.45) is -0.856. The highest BCUT2D eigenvalue weighted by atomic mass is 19.4. The molecule has 8 heteroatoms. The van der Waals surface area contributed by atoms with Gasteiger partial charge < -0.3 is 9.47 Å². The van der Waals surface area contributed by atoms with E-state index in [0.29, 0.717) is 5.56 Å². The zero-order chi connectivity index (χ0) is 20.7. The molecule has 0 bridgehead atoms. The summed E-state index contributed by atoms with van der Waals surface area (Å²) >= 11 is 0. The van der Waals surface area contributed by atoms with E-state index in [1.165, 1.54) is 30.5 Å². The van der Waals surface area contributed by atoms with Gasteiger partial charge in [0.25, 0.3) is 0 Å². The molecule has 1 aromatic heterocycles. The fourth-order valence-electron chi connectivity index (χ4n) is 2.46. The Hall–Kier alpha value is -3.16. The van der Waals surface area contributed by atoms with E-state index in [-0.39, 0.29) is 30.0 Å². The molecule has 0 fully saturated rings. The lowest BCUT2D eigenvalue weighted by molar-refractivity contribution is -0.138. The monoisotopic (exact) mass is 393 g/mol. The minimum absolute atomic E-state index is 0.0926. The molecular weight excluding hydrogens is 375 g/mol. The van der Waals surface area contributed by atoms with Crippen molar-refractivity contribution in [1.29, 1.82) is 0 Å². The molecule has 0 aliphatic heterocycles. The lowest BCUT2D eigenvalue weighted by Crippen LogP contribution is -2.10. The molecular formula is C20H18F3NO4. The number of alkyl halides is 3. The van der Waals surface area contributed by atoms with E-state index in [4.69, 9.17) is 9.47 Å². The fourth-order valence-corrected chi connectivity index (χ4v) is 2.46. The van der Waals surface area contributed by atoms with Crippen LogP contribution in [0.4, 0.5) is 13.2 Å². The van der Waals surface area contributed by atoms with Gasteiger partial charge in [-0.15, -0.1) is 0 Å². The van der Waals surface area contributed by atoms with E-state index in [0.717, 1.165) is 18.2 Å². The number of ether oxygens (including phenoxy) is 2. The maximum absolute atomic E-state index is 13.1. The summed E-state index contributed by atoms with van der Waals surface area (Å²) in [5.74, 6) is -1.41. The van der Waals surface area contributed by atoms with Crippen molar-refractivity contribution in [2.75, 3.05) is 13.2 Å². The molecule has 1 heterocycles. The van der Waals surface area contributed by atoms with Crippen molar-refractivity contribution in [2.45, 2.75) is 20.0 Å². The van der Waals surface area contributed by atoms with Crippen LogP contribution in [0.15, 0.2) is 42.6 Å². The molecule has 0 amide bonds. The van der Waals surface area contributed by atoms with Crippen LogP contribution >= 0.6 is 0 Å².